The van der Waals surface area contributed by atoms with Gasteiger partial charge in [0.25, 0.3) is 5.91 Å². The standard InChI is InChI=1S/C16H20N2O2/c1-3-7-13(2)16(19)18-14-8-6-9-15(12-14)20-11-5-4-10-17/h6-9,12H,3-5,11H2,1-2H3,(H,18,19)/b13-7+. The molecule has 0 aliphatic rings. The zero-order valence-corrected chi connectivity index (χ0v) is 12.0. The lowest BCUT2D eigenvalue weighted by atomic mass is 10.2. The highest BCUT2D eigenvalue weighted by Crippen LogP contribution is 2.18. The Morgan fingerprint density at radius 2 is 2.30 bits per heavy atom. The van der Waals surface area contributed by atoms with Crippen molar-refractivity contribution in [2.24, 2.45) is 0 Å². The van der Waals surface area contributed by atoms with Crippen molar-refractivity contribution in [1.29, 1.82) is 5.26 Å². The lowest BCUT2D eigenvalue weighted by Gasteiger charge is -2.09. The second-order valence-corrected chi connectivity index (χ2v) is 4.39. The molecule has 1 N–H and O–H groups in total. The van der Waals surface area contributed by atoms with E-state index in [4.69, 9.17) is 10.00 Å². The van der Waals surface area contributed by atoms with Gasteiger partial charge in [0, 0.05) is 23.7 Å². The fourth-order valence-corrected chi connectivity index (χ4v) is 1.63. The molecule has 1 rings (SSSR count). The van der Waals surface area contributed by atoms with Gasteiger partial charge in [-0.05, 0) is 31.9 Å². The SMILES string of the molecule is CC/C=C(\C)C(=O)Nc1cccc(OCCCC#N)c1. The van der Waals surface area contributed by atoms with Gasteiger partial charge in [0.15, 0.2) is 0 Å². The van der Waals surface area contributed by atoms with E-state index in [1.165, 1.54) is 0 Å². The first kappa shape index (κ1) is 15.8. The van der Waals surface area contributed by atoms with Crippen LogP contribution in [0.3, 0.4) is 0 Å². The zero-order valence-electron chi connectivity index (χ0n) is 12.0. The Labute approximate surface area is 120 Å². The van der Waals surface area contributed by atoms with Gasteiger partial charge in [-0.25, -0.2) is 0 Å². The Morgan fingerprint density at radius 3 is 3.00 bits per heavy atom. The fraction of sp³-hybridized carbons (Fsp3) is 0.375. The van der Waals surface area contributed by atoms with Crippen molar-refractivity contribution >= 4 is 11.6 Å². The number of amides is 1. The monoisotopic (exact) mass is 272 g/mol. The number of carbonyl (C=O) groups excluding carboxylic acids is 1. The second kappa shape index (κ2) is 8.76. The molecular formula is C16H20N2O2. The third-order valence-electron chi connectivity index (χ3n) is 2.66. The first-order valence-electron chi connectivity index (χ1n) is 6.75. The predicted molar refractivity (Wildman–Crippen MR) is 79.5 cm³/mol. The molecule has 0 saturated carbocycles. The van der Waals surface area contributed by atoms with Crippen molar-refractivity contribution < 1.29 is 9.53 Å². The summed E-state index contributed by atoms with van der Waals surface area (Å²) in [5.41, 5.74) is 1.41. The van der Waals surface area contributed by atoms with Crippen LogP contribution in [0.5, 0.6) is 5.75 Å². The Kier molecular flexibility index (Phi) is 6.91. The Hall–Kier alpha value is -2.28. The van der Waals surface area contributed by atoms with Gasteiger partial charge in [0.05, 0.1) is 12.7 Å². The maximum atomic E-state index is 11.9. The van der Waals surface area contributed by atoms with Crippen LogP contribution >= 0.6 is 0 Å². The Balaban J connectivity index is 2.57. The number of allylic oxidation sites excluding steroid dienone is 1. The van der Waals surface area contributed by atoms with E-state index >= 15 is 0 Å². The number of rotatable bonds is 7. The number of benzene rings is 1. The van der Waals surface area contributed by atoms with Gasteiger partial charge >= 0.3 is 0 Å². The van der Waals surface area contributed by atoms with Gasteiger partial charge < -0.3 is 10.1 Å². The maximum Gasteiger partial charge on any atom is 0.250 e. The van der Waals surface area contributed by atoms with Gasteiger partial charge in [0.1, 0.15) is 5.75 Å². The summed E-state index contributed by atoms with van der Waals surface area (Å²) in [5, 5.41) is 11.3. The van der Waals surface area contributed by atoms with E-state index in [9.17, 15) is 4.79 Å². The third kappa shape index (κ3) is 5.57. The highest BCUT2D eigenvalue weighted by Gasteiger charge is 2.05. The van der Waals surface area contributed by atoms with Crippen molar-refractivity contribution in [3.8, 4) is 11.8 Å². The van der Waals surface area contributed by atoms with E-state index in [1.807, 2.05) is 31.2 Å². The number of nitrogens with zero attached hydrogens (tertiary/aromatic N) is 1. The summed E-state index contributed by atoms with van der Waals surface area (Å²) >= 11 is 0. The molecule has 0 saturated heterocycles. The molecule has 0 aromatic heterocycles. The average molecular weight is 272 g/mol. The number of nitrogens with one attached hydrogen (secondary N) is 1. The molecule has 106 valence electrons. The molecule has 1 amide bonds. The number of unbranched alkanes of at least 4 members (excludes halogenated alkanes) is 1. The number of anilines is 1. The van der Waals surface area contributed by atoms with Crippen LogP contribution in [0.25, 0.3) is 0 Å². The van der Waals surface area contributed by atoms with Crippen molar-refractivity contribution in [3.63, 3.8) is 0 Å². The minimum Gasteiger partial charge on any atom is -0.493 e. The summed E-state index contributed by atoms with van der Waals surface area (Å²) in [6.07, 6.45) is 3.90. The van der Waals surface area contributed by atoms with Crippen LogP contribution < -0.4 is 10.1 Å². The summed E-state index contributed by atoms with van der Waals surface area (Å²) < 4.78 is 5.52. The van der Waals surface area contributed by atoms with Gasteiger partial charge in [-0.15, -0.1) is 0 Å². The average Bonchev–Trinajstić information content (AvgIpc) is 2.44. The number of ether oxygens (including phenoxy) is 1. The summed E-state index contributed by atoms with van der Waals surface area (Å²) in [7, 11) is 0. The molecule has 0 aliphatic carbocycles. The van der Waals surface area contributed by atoms with E-state index < -0.39 is 0 Å². The minimum absolute atomic E-state index is 0.103. The third-order valence-corrected chi connectivity index (χ3v) is 2.66. The van der Waals surface area contributed by atoms with E-state index in [1.54, 1.807) is 13.0 Å². The molecule has 0 bridgehead atoms. The molecule has 1 aromatic carbocycles. The number of hydrogen-bond donors (Lipinski definition) is 1. The van der Waals surface area contributed by atoms with Crippen LogP contribution in [-0.4, -0.2) is 12.5 Å². The van der Waals surface area contributed by atoms with Crippen LogP contribution in [0.15, 0.2) is 35.9 Å². The minimum atomic E-state index is -0.103. The number of carbonyl (C=O) groups is 1. The van der Waals surface area contributed by atoms with E-state index in [0.29, 0.717) is 36.5 Å². The van der Waals surface area contributed by atoms with Crippen molar-refractivity contribution in [2.45, 2.75) is 33.1 Å². The fourth-order valence-electron chi connectivity index (χ4n) is 1.63. The quantitative estimate of drug-likeness (QED) is 0.608. The highest BCUT2D eigenvalue weighted by atomic mass is 16.5. The zero-order chi connectivity index (χ0) is 14.8. The van der Waals surface area contributed by atoms with Crippen LogP contribution in [0.1, 0.15) is 33.1 Å². The summed E-state index contributed by atoms with van der Waals surface area (Å²) in [6.45, 7) is 4.29. The van der Waals surface area contributed by atoms with E-state index in [-0.39, 0.29) is 5.91 Å². The van der Waals surface area contributed by atoms with Crippen molar-refractivity contribution in [1.82, 2.24) is 0 Å². The lowest BCUT2D eigenvalue weighted by molar-refractivity contribution is -0.112. The highest BCUT2D eigenvalue weighted by molar-refractivity contribution is 6.03. The van der Waals surface area contributed by atoms with Crippen LogP contribution in [0, 0.1) is 11.3 Å². The summed E-state index contributed by atoms with van der Waals surface area (Å²) in [6, 6.07) is 9.33. The first-order chi connectivity index (χ1) is 9.67. The molecule has 0 aliphatic heterocycles. The molecule has 1 aromatic rings. The molecular weight excluding hydrogens is 252 g/mol. The molecule has 0 heterocycles. The molecule has 0 fully saturated rings. The lowest BCUT2D eigenvalue weighted by Crippen LogP contribution is -2.12. The first-order valence-corrected chi connectivity index (χ1v) is 6.75. The molecule has 4 nitrogen and oxygen atoms in total. The second-order valence-electron chi connectivity index (χ2n) is 4.39. The van der Waals surface area contributed by atoms with Crippen LogP contribution in [0.4, 0.5) is 5.69 Å². The van der Waals surface area contributed by atoms with Gasteiger partial charge in [-0.2, -0.15) is 5.26 Å². The molecule has 0 atom stereocenters. The van der Waals surface area contributed by atoms with E-state index in [2.05, 4.69) is 11.4 Å². The molecule has 0 radical (unpaired) electrons. The maximum absolute atomic E-state index is 11.9. The van der Waals surface area contributed by atoms with Crippen molar-refractivity contribution in [3.05, 3.63) is 35.9 Å². The van der Waals surface area contributed by atoms with Crippen molar-refractivity contribution in [2.75, 3.05) is 11.9 Å². The summed E-state index contributed by atoms with van der Waals surface area (Å²) in [4.78, 5) is 11.9. The van der Waals surface area contributed by atoms with Gasteiger partial charge in [-0.1, -0.05) is 19.1 Å². The Morgan fingerprint density at radius 1 is 1.50 bits per heavy atom. The Bertz CT molecular complexity index is 515. The molecule has 20 heavy (non-hydrogen) atoms. The largest absolute Gasteiger partial charge is 0.493 e. The summed E-state index contributed by atoms with van der Waals surface area (Å²) in [5.74, 6) is 0.589. The number of hydrogen-bond acceptors (Lipinski definition) is 3. The molecule has 4 heteroatoms. The predicted octanol–water partition coefficient (Wildman–Crippen LogP) is 3.66. The van der Waals surface area contributed by atoms with E-state index in [0.717, 1.165) is 6.42 Å². The number of nitriles is 1. The smallest absolute Gasteiger partial charge is 0.250 e. The molecule has 0 spiro atoms. The van der Waals surface area contributed by atoms with Crippen LogP contribution in [0.2, 0.25) is 0 Å². The topological polar surface area (TPSA) is 62.1 Å². The van der Waals surface area contributed by atoms with Gasteiger partial charge in [0.2, 0.25) is 0 Å². The molecule has 0 unspecified atom stereocenters. The van der Waals surface area contributed by atoms with Crippen LogP contribution in [-0.2, 0) is 4.79 Å². The normalized spacial score (nSPS) is 10.8. The van der Waals surface area contributed by atoms with Gasteiger partial charge in [-0.3, -0.25) is 4.79 Å².